The molecule has 0 aromatic heterocycles. The number of nitrogens with zero attached hydrogens (tertiary/aromatic N) is 2. The SMILES string of the molecule is CCN(CCCCCC(N)C1=C(Br)C(=O)C(C(N)CCCCCN(CC)Cc2ccccc2OC)=C(Br)C1=O)Cc1ccccc1OC. The van der Waals surface area contributed by atoms with Gasteiger partial charge in [0.05, 0.1) is 23.2 Å². The number of hydrogen-bond acceptors (Lipinski definition) is 8. The monoisotopic (exact) mass is 788 g/mol. The van der Waals surface area contributed by atoms with Gasteiger partial charge in [0, 0.05) is 47.4 Å². The van der Waals surface area contributed by atoms with Crippen LogP contribution in [0.5, 0.6) is 11.5 Å². The summed E-state index contributed by atoms with van der Waals surface area (Å²) < 4.78 is 11.5. The van der Waals surface area contributed by atoms with E-state index in [1.807, 2.05) is 36.4 Å². The van der Waals surface area contributed by atoms with Crippen LogP contribution in [0.1, 0.15) is 76.3 Å². The number of Topliss-reactive ketones (excluding diaryl/α,β-unsaturated/α-hetero) is 2. The van der Waals surface area contributed by atoms with Crippen LogP contribution in [0.25, 0.3) is 0 Å². The first-order valence-corrected chi connectivity index (χ1v) is 18.8. The molecule has 0 radical (unpaired) electrons. The summed E-state index contributed by atoms with van der Waals surface area (Å²) in [5, 5.41) is 0. The van der Waals surface area contributed by atoms with E-state index < -0.39 is 12.1 Å². The zero-order chi connectivity index (χ0) is 35.1. The lowest BCUT2D eigenvalue weighted by molar-refractivity contribution is -0.116. The third-order valence-electron chi connectivity index (χ3n) is 9.15. The zero-order valence-electron chi connectivity index (χ0n) is 29.1. The van der Waals surface area contributed by atoms with Crippen molar-refractivity contribution in [1.29, 1.82) is 0 Å². The Balaban J connectivity index is 1.43. The topological polar surface area (TPSA) is 111 Å². The second-order valence-corrected chi connectivity index (χ2v) is 14.0. The summed E-state index contributed by atoms with van der Waals surface area (Å²) in [6.45, 7) is 9.82. The fourth-order valence-electron chi connectivity index (χ4n) is 6.23. The van der Waals surface area contributed by atoms with Gasteiger partial charge < -0.3 is 20.9 Å². The fraction of sp³-hybridized carbons (Fsp3) is 0.526. The van der Waals surface area contributed by atoms with Gasteiger partial charge in [-0.25, -0.2) is 0 Å². The molecule has 48 heavy (non-hydrogen) atoms. The van der Waals surface area contributed by atoms with Crippen molar-refractivity contribution in [3.05, 3.63) is 79.8 Å². The van der Waals surface area contributed by atoms with Crippen LogP contribution in [0.3, 0.4) is 0 Å². The van der Waals surface area contributed by atoms with Crippen LogP contribution in [0.15, 0.2) is 68.6 Å². The van der Waals surface area contributed by atoms with Crippen LogP contribution >= 0.6 is 31.9 Å². The Hall–Kier alpha value is -2.34. The van der Waals surface area contributed by atoms with Crippen LogP contribution in [0, 0.1) is 0 Å². The predicted octanol–water partition coefficient (Wildman–Crippen LogP) is 7.27. The molecule has 264 valence electrons. The highest BCUT2D eigenvalue weighted by molar-refractivity contribution is 9.12. The molecule has 10 heteroatoms. The van der Waals surface area contributed by atoms with E-state index in [0.717, 1.165) is 89.3 Å². The van der Waals surface area contributed by atoms with Crippen molar-refractivity contribution in [1.82, 2.24) is 9.80 Å². The van der Waals surface area contributed by atoms with Gasteiger partial charge in [-0.1, -0.05) is 75.9 Å². The van der Waals surface area contributed by atoms with E-state index in [0.29, 0.717) is 24.0 Å². The van der Waals surface area contributed by atoms with Crippen LogP contribution < -0.4 is 20.9 Å². The molecule has 4 N–H and O–H groups in total. The van der Waals surface area contributed by atoms with Gasteiger partial charge in [-0.3, -0.25) is 19.4 Å². The second-order valence-electron chi connectivity index (χ2n) is 12.4. The van der Waals surface area contributed by atoms with Crippen molar-refractivity contribution in [2.75, 3.05) is 40.4 Å². The largest absolute Gasteiger partial charge is 0.496 e. The summed E-state index contributed by atoms with van der Waals surface area (Å²) >= 11 is 6.87. The predicted molar refractivity (Wildman–Crippen MR) is 203 cm³/mol. The molecule has 0 fully saturated rings. The molecule has 0 spiro atoms. The number of halogens is 2. The molecular weight excluding hydrogens is 736 g/mol. The van der Waals surface area contributed by atoms with Crippen molar-refractivity contribution < 1.29 is 19.1 Å². The number of rotatable bonds is 22. The first-order valence-electron chi connectivity index (χ1n) is 17.2. The molecule has 0 aliphatic heterocycles. The highest BCUT2D eigenvalue weighted by atomic mass is 79.9. The molecular formula is C38H54Br2N4O4. The number of benzene rings is 2. The number of para-hydroxylation sites is 2. The van der Waals surface area contributed by atoms with E-state index in [-0.39, 0.29) is 20.5 Å². The summed E-state index contributed by atoms with van der Waals surface area (Å²) in [5.74, 6) is 1.33. The quantitative estimate of drug-likeness (QED) is 0.0947. The first-order chi connectivity index (χ1) is 23.2. The molecule has 0 saturated heterocycles. The van der Waals surface area contributed by atoms with Gasteiger partial charge in [0.1, 0.15) is 11.5 Å². The number of ketones is 2. The highest BCUT2D eigenvalue weighted by Crippen LogP contribution is 2.35. The average molecular weight is 791 g/mol. The highest BCUT2D eigenvalue weighted by Gasteiger charge is 2.37. The lowest BCUT2D eigenvalue weighted by atomic mass is 9.86. The molecule has 0 amide bonds. The number of unbranched alkanes of at least 4 members (excludes halogenated alkanes) is 4. The van der Waals surface area contributed by atoms with Crippen molar-refractivity contribution in [2.24, 2.45) is 11.5 Å². The smallest absolute Gasteiger partial charge is 0.199 e. The molecule has 2 atom stereocenters. The van der Waals surface area contributed by atoms with Crippen molar-refractivity contribution in [3.63, 3.8) is 0 Å². The van der Waals surface area contributed by atoms with E-state index in [9.17, 15) is 9.59 Å². The molecule has 3 rings (SSSR count). The summed E-state index contributed by atoms with van der Waals surface area (Å²) in [4.78, 5) is 31.7. The maximum absolute atomic E-state index is 13.4. The Labute approximate surface area is 304 Å². The summed E-state index contributed by atoms with van der Waals surface area (Å²) in [6.07, 6.45) is 6.96. The second kappa shape index (κ2) is 21.0. The van der Waals surface area contributed by atoms with Gasteiger partial charge in [0.15, 0.2) is 11.6 Å². The minimum absolute atomic E-state index is 0.247. The molecule has 2 aromatic rings. The van der Waals surface area contributed by atoms with Crippen LogP contribution in [0.4, 0.5) is 0 Å². The normalized spacial score (nSPS) is 15.1. The third kappa shape index (κ3) is 11.4. The Morgan fingerprint density at radius 3 is 1.35 bits per heavy atom. The number of methoxy groups -OCH3 is 2. The van der Waals surface area contributed by atoms with Crippen molar-refractivity contribution in [2.45, 2.75) is 90.4 Å². The number of ether oxygens (including phenoxy) is 2. The third-order valence-corrected chi connectivity index (χ3v) is 10.7. The fourth-order valence-corrected chi connectivity index (χ4v) is 7.61. The molecule has 2 aromatic carbocycles. The zero-order valence-corrected chi connectivity index (χ0v) is 32.3. The van der Waals surface area contributed by atoms with Gasteiger partial charge in [-0.15, -0.1) is 0 Å². The Morgan fingerprint density at radius 1 is 0.625 bits per heavy atom. The summed E-state index contributed by atoms with van der Waals surface area (Å²) in [6, 6.07) is 15.2. The summed E-state index contributed by atoms with van der Waals surface area (Å²) in [5.41, 5.74) is 16.1. The minimum Gasteiger partial charge on any atom is -0.496 e. The number of allylic oxidation sites excluding steroid dienone is 2. The Bertz CT molecular complexity index is 1310. The van der Waals surface area contributed by atoms with Crippen molar-refractivity contribution in [3.8, 4) is 11.5 Å². The van der Waals surface area contributed by atoms with Crippen LogP contribution in [0.2, 0.25) is 0 Å². The molecule has 1 aliphatic rings. The number of hydrogen-bond donors (Lipinski definition) is 2. The number of carbonyl (C=O) groups excluding carboxylic acids is 2. The van der Waals surface area contributed by atoms with Crippen LogP contribution in [-0.2, 0) is 22.7 Å². The molecule has 0 heterocycles. The van der Waals surface area contributed by atoms with E-state index in [1.54, 1.807) is 14.2 Å². The van der Waals surface area contributed by atoms with E-state index >= 15 is 0 Å². The van der Waals surface area contributed by atoms with Crippen LogP contribution in [-0.4, -0.2) is 73.8 Å². The van der Waals surface area contributed by atoms with Gasteiger partial charge in [-0.2, -0.15) is 0 Å². The van der Waals surface area contributed by atoms with Gasteiger partial charge in [-0.05, 0) is 95.9 Å². The van der Waals surface area contributed by atoms with E-state index in [1.165, 1.54) is 11.1 Å². The van der Waals surface area contributed by atoms with Crippen molar-refractivity contribution >= 4 is 43.4 Å². The number of carbonyl (C=O) groups is 2. The minimum atomic E-state index is -0.533. The van der Waals surface area contributed by atoms with Gasteiger partial charge in [0.25, 0.3) is 0 Å². The lowest BCUT2D eigenvalue weighted by Gasteiger charge is -2.26. The molecule has 0 saturated carbocycles. The Kier molecular flexibility index (Phi) is 17.5. The molecule has 0 bridgehead atoms. The standard InChI is InChI=1S/C38H54Br2N4O4/c1-5-43(25-27-17-11-13-21-31(27)47-3)23-15-7-9-19-29(41)33-35(39)38(46)34(36(40)37(33)45)30(42)20-10-8-16-24-44(6-2)26-28-18-12-14-22-32(28)48-4/h11-14,17-18,21-22,29-30H,5-10,15-16,19-20,23-26,41-42H2,1-4H3. The molecule has 1 aliphatic carbocycles. The van der Waals surface area contributed by atoms with Gasteiger partial charge in [0.2, 0.25) is 0 Å². The Morgan fingerprint density at radius 2 is 1.00 bits per heavy atom. The maximum atomic E-state index is 13.4. The number of nitrogens with two attached hydrogens (primary N) is 2. The van der Waals surface area contributed by atoms with E-state index in [4.69, 9.17) is 20.9 Å². The van der Waals surface area contributed by atoms with E-state index in [2.05, 4.69) is 67.6 Å². The first kappa shape index (κ1) is 40.1. The average Bonchev–Trinajstić information content (AvgIpc) is 3.09. The van der Waals surface area contributed by atoms with Gasteiger partial charge >= 0.3 is 0 Å². The summed E-state index contributed by atoms with van der Waals surface area (Å²) in [7, 11) is 3.41. The molecule has 2 unspecified atom stereocenters. The maximum Gasteiger partial charge on any atom is 0.199 e. The molecule has 8 nitrogen and oxygen atoms in total. The lowest BCUT2D eigenvalue weighted by Crippen LogP contribution is -2.37.